The fourth-order valence-electron chi connectivity index (χ4n) is 2.17. The van der Waals surface area contributed by atoms with Crippen molar-refractivity contribution in [2.24, 2.45) is 0 Å². The third kappa shape index (κ3) is 3.70. The van der Waals surface area contributed by atoms with Gasteiger partial charge in [-0.2, -0.15) is 0 Å². The topological polar surface area (TPSA) is 40.5 Å². The summed E-state index contributed by atoms with van der Waals surface area (Å²) in [5.41, 5.74) is 3.41. The molecule has 4 heteroatoms. The monoisotopic (exact) mass is 321 g/mol. The van der Waals surface area contributed by atoms with Gasteiger partial charge in [-0.15, -0.1) is 0 Å². The minimum absolute atomic E-state index is 0.877. The van der Waals surface area contributed by atoms with Crippen molar-refractivity contribution in [3.8, 4) is 0 Å². The Labute approximate surface area is 121 Å². The third-order valence-electron chi connectivity index (χ3n) is 3.06. The molecule has 1 N–H and O–H groups in total. The second-order valence-electron chi connectivity index (χ2n) is 4.64. The molecule has 1 heterocycles. The maximum Gasteiger partial charge on any atom is 0.328 e. The van der Waals surface area contributed by atoms with E-state index >= 15 is 0 Å². The van der Waals surface area contributed by atoms with Crippen LogP contribution in [-0.2, 0) is 4.79 Å². The van der Waals surface area contributed by atoms with Crippen LogP contribution < -0.4 is 4.90 Å². The molecule has 0 saturated carbocycles. The molecule has 3 nitrogen and oxygen atoms in total. The molecular weight excluding hydrogens is 306 g/mol. The number of rotatable bonds is 3. The standard InChI is InChI=1S/C15H16BrNO2/c1-11-3-2-8-17(10-11)14-6-4-12(9-13(14)16)5-7-15(18)19/h3-7,9H,2,8,10H2,1H3,(H,18,19)/b7-5+. The Morgan fingerprint density at radius 1 is 1.47 bits per heavy atom. The zero-order valence-electron chi connectivity index (χ0n) is 10.8. The van der Waals surface area contributed by atoms with E-state index in [9.17, 15) is 4.79 Å². The van der Waals surface area contributed by atoms with Gasteiger partial charge in [0, 0.05) is 23.6 Å². The molecular formula is C15H16BrNO2. The first-order valence-electron chi connectivity index (χ1n) is 6.17. The number of carboxylic acid groups (broad SMARTS) is 1. The summed E-state index contributed by atoms with van der Waals surface area (Å²) in [5, 5.41) is 8.62. The number of carboxylic acids is 1. The lowest BCUT2D eigenvalue weighted by atomic mass is 10.1. The number of carbonyl (C=O) groups is 1. The highest BCUT2D eigenvalue weighted by Crippen LogP contribution is 2.29. The average Bonchev–Trinajstić information content (AvgIpc) is 2.36. The van der Waals surface area contributed by atoms with Gasteiger partial charge in [-0.3, -0.25) is 0 Å². The first kappa shape index (κ1) is 13.9. The molecule has 1 aromatic carbocycles. The summed E-state index contributed by atoms with van der Waals surface area (Å²) in [4.78, 5) is 12.8. The fraction of sp³-hybridized carbons (Fsp3) is 0.267. The van der Waals surface area contributed by atoms with Gasteiger partial charge in [0.05, 0.1) is 5.69 Å². The Bertz CT molecular complexity index is 549. The zero-order valence-corrected chi connectivity index (χ0v) is 12.4. The minimum Gasteiger partial charge on any atom is -0.478 e. The van der Waals surface area contributed by atoms with Crippen LogP contribution in [0.25, 0.3) is 6.08 Å². The predicted octanol–water partition coefficient (Wildman–Crippen LogP) is 3.70. The molecule has 0 atom stereocenters. The van der Waals surface area contributed by atoms with Crippen LogP contribution in [0.2, 0.25) is 0 Å². The van der Waals surface area contributed by atoms with Crippen LogP contribution in [-0.4, -0.2) is 24.2 Å². The Balaban J connectivity index is 2.20. The summed E-state index contributed by atoms with van der Waals surface area (Å²) in [6, 6.07) is 5.92. The van der Waals surface area contributed by atoms with E-state index in [1.165, 1.54) is 5.57 Å². The average molecular weight is 322 g/mol. The van der Waals surface area contributed by atoms with Crippen LogP contribution in [0.15, 0.2) is 40.4 Å². The molecule has 0 fully saturated rings. The number of hydrogen-bond donors (Lipinski definition) is 1. The highest BCUT2D eigenvalue weighted by Gasteiger charge is 2.13. The van der Waals surface area contributed by atoms with Gasteiger partial charge in [-0.25, -0.2) is 4.79 Å². The van der Waals surface area contributed by atoms with E-state index in [1.54, 1.807) is 6.08 Å². The Kier molecular flexibility index (Phi) is 4.43. The van der Waals surface area contributed by atoms with Crippen molar-refractivity contribution >= 4 is 33.7 Å². The van der Waals surface area contributed by atoms with Gasteiger partial charge >= 0.3 is 5.97 Å². The molecule has 1 aromatic rings. The quantitative estimate of drug-likeness (QED) is 0.681. The first-order valence-corrected chi connectivity index (χ1v) is 6.96. The van der Waals surface area contributed by atoms with E-state index in [4.69, 9.17) is 5.11 Å². The minimum atomic E-state index is -0.933. The van der Waals surface area contributed by atoms with Gasteiger partial charge in [-0.05, 0) is 53.0 Å². The van der Waals surface area contributed by atoms with E-state index in [0.29, 0.717) is 0 Å². The van der Waals surface area contributed by atoms with Gasteiger partial charge in [0.25, 0.3) is 0 Å². The van der Waals surface area contributed by atoms with Crippen molar-refractivity contribution in [1.82, 2.24) is 0 Å². The Hall–Kier alpha value is -1.55. The lowest BCUT2D eigenvalue weighted by Gasteiger charge is -2.29. The molecule has 0 radical (unpaired) electrons. The van der Waals surface area contributed by atoms with Crippen LogP contribution >= 0.6 is 15.9 Å². The van der Waals surface area contributed by atoms with Crippen LogP contribution in [0.3, 0.4) is 0 Å². The number of anilines is 1. The molecule has 0 saturated heterocycles. The second kappa shape index (κ2) is 6.06. The van der Waals surface area contributed by atoms with Gasteiger partial charge < -0.3 is 10.0 Å². The summed E-state index contributed by atoms with van der Waals surface area (Å²) >= 11 is 3.57. The maximum absolute atomic E-state index is 10.5. The van der Waals surface area contributed by atoms with E-state index in [1.807, 2.05) is 18.2 Å². The van der Waals surface area contributed by atoms with E-state index < -0.39 is 5.97 Å². The summed E-state index contributed by atoms with van der Waals surface area (Å²) < 4.78 is 0.995. The van der Waals surface area contributed by atoms with E-state index in [0.717, 1.165) is 41.3 Å². The SMILES string of the molecule is CC1=CCCN(c2ccc(/C=C/C(=O)O)cc2Br)C1. The van der Waals surface area contributed by atoms with E-state index in [-0.39, 0.29) is 0 Å². The fourth-order valence-corrected chi connectivity index (χ4v) is 2.82. The molecule has 100 valence electrons. The number of nitrogens with zero attached hydrogens (tertiary/aromatic N) is 1. The normalized spacial score (nSPS) is 15.7. The molecule has 0 amide bonds. The summed E-state index contributed by atoms with van der Waals surface area (Å²) in [6.07, 6.45) is 6.08. The largest absolute Gasteiger partial charge is 0.478 e. The number of halogens is 1. The first-order chi connectivity index (χ1) is 9.06. The van der Waals surface area contributed by atoms with Crippen LogP contribution in [0.5, 0.6) is 0 Å². The summed E-state index contributed by atoms with van der Waals surface area (Å²) in [6.45, 7) is 4.10. The van der Waals surface area contributed by atoms with Gasteiger partial charge in [0.2, 0.25) is 0 Å². The van der Waals surface area contributed by atoms with Crippen molar-refractivity contribution in [3.05, 3.63) is 46.0 Å². The van der Waals surface area contributed by atoms with E-state index in [2.05, 4.69) is 33.8 Å². The second-order valence-corrected chi connectivity index (χ2v) is 5.50. The highest BCUT2D eigenvalue weighted by molar-refractivity contribution is 9.10. The van der Waals surface area contributed by atoms with Crippen molar-refractivity contribution in [3.63, 3.8) is 0 Å². The van der Waals surface area contributed by atoms with Crippen molar-refractivity contribution in [1.29, 1.82) is 0 Å². The highest BCUT2D eigenvalue weighted by atomic mass is 79.9. The van der Waals surface area contributed by atoms with Crippen LogP contribution in [0.4, 0.5) is 5.69 Å². The van der Waals surface area contributed by atoms with Crippen LogP contribution in [0.1, 0.15) is 18.9 Å². The Morgan fingerprint density at radius 3 is 2.89 bits per heavy atom. The number of benzene rings is 1. The lowest BCUT2D eigenvalue weighted by molar-refractivity contribution is -0.131. The van der Waals surface area contributed by atoms with Gasteiger partial charge in [0.1, 0.15) is 0 Å². The summed E-state index contributed by atoms with van der Waals surface area (Å²) in [7, 11) is 0. The van der Waals surface area contributed by atoms with Crippen molar-refractivity contribution < 1.29 is 9.90 Å². The molecule has 0 spiro atoms. The molecule has 0 bridgehead atoms. The Morgan fingerprint density at radius 2 is 2.26 bits per heavy atom. The molecule has 0 aromatic heterocycles. The molecule has 0 unspecified atom stereocenters. The predicted molar refractivity (Wildman–Crippen MR) is 81.4 cm³/mol. The van der Waals surface area contributed by atoms with Crippen molar-refractivity contribution in [2.45, 2.75) is 13.3 Å². The molecule has 1 aliphatic rings. The van der Waals surface area contributed by atoms with Crippen LogP contribution in [0, 0.1) is 0 Å². The van der Waals surface area contributed by atoms with Gasteiger partial charge in [0.15, 0.2) is 0 Å². The molecule has 1 aliphatic heterocycles. The maximum atomic E-state index is 10.5. The third-order valence-corrected chi connectivity index (χ3v) is 3.70. The van der Waals surface area contributed by atoms with Crippen molar-refractivity contribution in [2.75, 3.05) is 18.0 Å². The molecule has 2 rings (SSSR count). The van der Waals surface area contributed by atoms with Gasteiger partial charge in [-0.1, -0.05) is 17.7 Å². The number of hydrogen-bond acceptors (Lipinski definition) is 2. The number of aliphatic carboxylic acids is 1. The molecule has 19 heavy (non-hydrogen) atoms. The lowest BCUT2D eigenvalue weighted by Crippen LogP contribution is -2.29. The summed E-state index contributed by atoms with van der Waals surface area (Å²) in [5.74, 6) is -0.933. The molecule has 0 aliphatic carbocycles. The smallest absolute Gasteiger partial charge is 0.328 e. The zero-order chi connectivity index (χ0) is 13.8.